The Kier molecular flexibility index (Phi) is 9.17. The third-order valence-corrected chi connectivity index (χ3v) is 11.4. The van der Waals surface area contributed by atoms with Crippen LogP contribution in [-0.4, -0.2) is 15.0 Å². The van der Waals surface area contributed by atoms with Gasteiger partial charge in [0.25, 0.3) is 0 Å². The first kappa shape index (κ1) is 36.0. The Labute approximate surface area is 354 Å². The fourth-order valence-electron chi connectivity index (χ4n) is 8.41. The molecule has 61 heavy (non-hydrogen) atoms. The number of nitrogens with zero attached hydrogens (tertiary/aromatic N) is 3. The van der Waals surface area contributed by atoms with Crippen LogP contribution in [0.4, 0.5) is 0 Å². The lowest BCUT2D eigenvalue weighted by Gasteiger charge is -2.18. The summed E-state index contributed by atoms with van der Waals surface area (Å²) in [5, 5.41) is 5.40. The average molecular weight is 783 g/mol. The van der Waals surface area contributed by atoms with E-state index < -0.39 is 0 Å². The molecule has 0 aliphatic carbocycles. The molecule has 0 amide bonds. The fourth-order valence-corrected chi connectivity index (χ4v) is 8.41. The summed E-state index contributed by atoms with van der Waals surface area (Å²) < 4.78 is 7.29. The highest BCUT2D eigenvalue weighted by Gasteiger charge is 2.25. The van der Waals surface area contributed by atoms with Crippen LogP contribution in [0.2, 0.25) is 0 Å². The smallest absolute Gasteiger partial charge is 0.147 e. The van der Waals surface area contributed by atoms with Gasteiger partial charge in [-0.05, 0) is 106 Å². The minimum Gasteiger partial charge on any atom is -0.455 e. The van der Waals surface area contributed by atoms with Gasteiger partial charge >= 0.3 is 0 Å². The van der Waals surface area contributed by atoms with Gasteiger partial charge in [0.1, 0.15) is 11.3 Å². The van der Waals surface area contributed by atoms with Crippen molar-refractivity contribution in [3.8, 4) is 78.5 Å². The van der Waals surface area contributed by atoms with Gasteiger partial charge in [0, 0.05) is 28.3 Å². The molecule has 0 spiro atoms. The maximum Gasteiger partial charge on any atom is 0.147 e. The van der Waals surface area contributed by atoms with Gasteiger partial charge in [0.15, 0.2) is 0 Å². The van der Waals surface area contributed by atoms with Gasteiger partial charge in [-0.3, -0.25) is 4.98 Å². The molecule has 11 rings (SSSR count). The third kappa shape index (κ3) is 6.88. The lowest BCUT2D eigenvalue weighted by molar-refractivity contribution is 0.636. The minimum absolute atomic E-state index is 0.0577. The zero-order valence-electron chi connectivity index (χ0n) is 33.1. The van der Waals surface area contributed by atoms with Gasteiger partial charge in [-0.2, -0.15) is 0 Å². The second-order valence-electron chi connectivity index (χ2n) is 15.2. The van der Waals surface area contributed by atoms with Gasteiger partial charge in [0.2, 0.25) is 0 Å². The van der Waals surface area contributed by atoms with E-state index in [9.17, 15) is 0 Å². The molecule has 1 N–H and O–H groups in total. The zero-order valence-corrected chi connectivity index (χ0v) is 33.1. The van der Waals surface area contributed by atoms with E-state index >= 15 is 0 Å². The van der Waals surface area contributed by atoms with Crippen molar-refractivity contribution in [2.45, 2.75) is 6.04 Å². The van der Waals surface area contributed by atoms with Crippen LogP contribution in [-0.2, 0) is 0 Å². The van der Waals surface area contributed by atoms with E-state index in [4.69, 9.17) is 14.4 Å². The molecule has 4 aromatic heterocycles. The number of hydrogen-bond donors (Lipinski definition) is 1. The second kappa shape index (κ2) is 15.6. The molecule has 0 radical (unpaired) electrons. The first-order valence-corrected chi connectivity index (χ1v) is 20.5. The lowest BCUT2D eigenvalue weighted by Crippen LogP contribution is -2.16. The van der Waals surface area contributed by atoms with Crippen LogP contribution in [0.25, 0.3) is 100 Å². The van der Waals surface area contributed by atoms with Crippen molar-refractivity contribution >= 4 is 21.9 Å². The zero-order chi connectivity index (χ0) is 40.5. The summed E-state index contributed by atoms with van der Waals surface area (Å²) in [6, 6.07) is 65.7. The Morgan fingerprint density at radius 2 is 1.07 bits per heavy atom. The van der Waals surface area contributed by atoms with Crippen LogP contribution in [0.3, 0.4) is 0 Å². The molecule has 0 saturated carbocycles. The highest BCUT2D eigenvalue weighted by molar-refractivity contribution is 6.17. The number of benzene rings is 6. The SMILES string of the molecule is C1=CNC(c2cc(-c3ccc(-c4c(-c5cc(-c6ccccc6)cc(-c6ccccc6)c5)oc5c4c(-c4ccccc4)nc4ccccc45)cc3)cc(-c3ccccn3)n2)C=C1. The molecule has 1 aliphatic rings. The molecule has 288 valence electrons. The number of rotatable bonds is 8. The number of furan rings is 1. The maximum atomic E-state index is 7.29. The second-order valence-corrected chi connectivity index (χ2v) is 15.2. The number of aromatic nitrogens is 3. The first-order valence-electron chi connectivity index (χ1n) is 20.5. The Hall–Kier alpha value is -8.15. The molecule has 0 fully saturated rings. The Bertz CT molecular complexity index is 3190. The van der Waals surface area contributed by atoms with E-state index in [1.54, 1.807) is 0 Å². The Morgan fingerprint density at radius 1 is 0.459 bits per heavy atom. The summed E-state index contributed by atoms with van der Waals surface area (Å²) in [4.78, 5) is 15.1. The monoisotopic (exact) mass is 782 g/mol. The number of para-hydroxylation sites is 1. The molecule has 1 unspecified atom stereocenters. The topological polar surface area (TPSA) is 63.8 Å². The number of nitrogens with one attached hydrogen (secondary N) is 1. The van der Waals surface area contributed by atoms with Crippen LogP contribution in [0, 0.1) is 0 Å². The van der Waals surface area contributed by atoms with E-state index in [0.717, 1.165) is 106 Å². The van der Waals surface area contributed by atoms with Crippen LogP contribution in [0.1, 0.15) is 11.7 Å². The number of allylic oxidation sites excluding steroid dienone is 2. The molecule has 0 saturated heterocycles. The summed E-state index contributed by atoms with van der Waals surface area (Å²) in [6.45, 7) is 0. The molecule has 5 heterocycles. The molecule has 0 bridgehead atoms. The van der Waals surface area contributed by atoms with Crippen molar-refractivity contribution in [1.29, 1.82) is 0 Å². The highest BCUT2D eigenvalue weighted by atomic mass is 16.3. The van der Waals surface area contributed by atoms with Crippen molar-refractivity contribution in [2.24, 2.45) is 0 Å². The van der Waals surface area contributed by atoms with Gasteiger partial charge in [-0.25, -0.2) is 9.97 Å². The Morgan fingerprint density at radius 3 is 1.74 bits per heavy atom. The van der Waals surface area contributed by atoms with Gasteiger partial charge in [-0.15, -0.1) is 0 Å². The molecule has 6 aromatic carbocycles. The highest BCUT2D eigenvalue weighted by Crippen LogP contribution is 2.48. The quantitative estimate of drug-likeness (QED) is 0.166. The van der Waals surface area contributed by atoms with E-state index in [2.05, 4.69) is 180 Å². The number of pyridine rings is 3. The summed E-state index contributed by atoms with van der Waals surface area (Å²) in [5.74, 6) is 0.792. The third-order valence-electron chi connectivity index (χ3n) is 11.4. The summed E-state index contributed by atoms with van der Waals surface area (Å²) in [6.07, 6.45) is 9.95. The van der Waals surface area contributed by atoms with Crippen molar-refractivity contribution in [1.82, 2.24) is 20.3 Å². The van der Waals surface area contributed by atoms with E-state index in [0.29, 0.717) is 0 Å². The Balaban J connectivity index is 1.15. The standard InChI is InChI=1S/C56H38N4O/c1-4-16-37(17-5-1)42-32-43(38-18-6-2-7-19-38)34-45(33-42)55-52(53-54(41-20-8-3-9-21-41)60-47-23-11-10-22-46(47)56(53)61-55)40-28-26-39(27-29-40)44-35-50(48-24-12-14-30-57-48)59-51(36-44)49-25-13-15-31-58-49/h1-36,48,57H. The normalized spacial score (nSPS) is 13.4. The van der Waals surface area contributed by atoms with Gasteiger partial charge in [-0.1, -0.05) is 146 Å². The molecule has 1 atom stereocenters. The lowest BCUT2D eigenvalue weighted by atomic mass is 9.91. The largest absolute Gasteiger partial charge is 0.455 e. The fraction of sp³-hybridized carbons (Fsp3) is 0.0179. The molecular formula is C56H38N4O. The van der Waals surface area contributed by atoms with Gasteiger partial charge < -0.3 is 9.73 Å². The first-order chi connectivity index (χ1) is 30.2. The molecular weight excluding hydrogens is 745 g/mol. The van der Waals surface area contributed by atoms with Crippen LogP contribution < -0.4 is 5.32 Å². The number of fused-ring (bicyclic) bond motifs is 3. The number of dihydropyridines is 1. The minimum atomic E-state index is -0.0577. The van der Waals surface area contributed by atoms with Crippen molar-refractivity contribution in [2.75, 3.05) is 0 Å². The van der Waals surface area contributed by atoms with Crippen molar-refractivity contribution < 1.29 is 4.42 Å². The van der Waals surface area contributed by atoms with Crippen molar-refractivity contribution in [3.05, 3.63) is 224 Å². The summed E-state index contributed by atoms with van der Waals surface area (Å²) >= 11 is 0. The van der Waals surface area contributed by atoms with Crippen molar-refractivity contribution in [3.63, 3.8) is 0 Å². The predicted octanol–water partition coefficient (Wildman–Crippen LogP) is 14.2. The maximum absolute atomic E-state index is 7.29. The van der Waals surface area contributed by atoms with E-state index in [1.165, 1.54) is 0 Å². The summed E-state index contributed by atoms with van der Waals surface area (Å²) in [5.41, 5.74) is 15.8. The molecule has 5 nitrogen and oxygen atoms in total. The molecule has 10 aromatic rings. The van der Waals surface area contributed by atoms with Crippen LogP contribution in [0.5, 0.6) is 0 Å². The van der Waals surface area contributed by atoms with Gasteiger partial charge in [0.05, 0.1) is 39.7 Å². The average Bonchev–Trinajstić information content (AvgIpc) is 3.76. The predicted molar refractivity (Wildman–Crippen MR) is 249 cm³/mol. The summed E-state index contributed by atoms with van der Waals surface area (Å²) in [7, 11) is 0. The molecule has 5 heteroatoms. The van der Waals surface area contributed by atoms with E-state index in [1.807, 2.05) is 48.8 Å². The van der Waals surface area contributed by atoms with E-state index in [-0.39, 0.29) is 6.04 Å². The molecule has 1 aliphatic heterocycles. The van der Waals surface area contributed by atoms with Crippen LogP contribution in [0.15, 0.2) is 223 Å². The number of hydrogen-bond acceptors (Lipinski definition) is 5. The van der Waals surface area contributed by atoms with Crippen LogP contribution >= 0.6 is 0 Å².